The number of esters is 2. The zero-order valence-corrected chi connectivity index (χ0v) is 15.5. The van der Waals surface area contributed by atoms with Gasteiger partial charge >= 0.3 is 11.9 Å². The van der Waals surface area contributed by atoms with Crippen LogP contribution in [0.4, 0.5) is 0 Å². The van der Waals surface area contributed by atoms with E-state index in [1.807, 2.05) is 12.1 Å². The second-order valence-electron chi connectivity index (χ2n) is 7.62. The van der Waals surface area contributed by atoms with Gasteiger partial charge in [0.15, 0.2) is 6.10 Å². The highest BCUT2D eigenvalue weighted by molar-refractivity contribution is 9.09. The van der Waals surface area contributed by atoms with Crippen molar-refractivity contribution in [3.05, 3.63) is 58.0 Å². The Morgan fingerprint density at radius 3 is 2.81 bits per heavy atom. The fourth-order valence-corrected chi connectivity index (χ4v) is 6.43. The molecule has 2 fully saturated rings. The van der Waals surface area contributed by atoms with Gasteiger partial charge in [-0.3, -0.25) is 4.79 Å². The Kier molecular flexibility index (Phi) is 2.77. The molecule has 4 aliphatic rings. The molecule has 0 unspecified atom stereocenters. The van der Waals surface area contributed by atoms with E-state index in [2.05, 4.69) is 22.9 Å². The summed E-state index contributed by atoms with van der Waals surface area (Å²) >= 11 is 3.77. The molecule has 3 heterocycles. The van der Waals surface area contributed by atoms with Crippen LogP contribution in [-0.4, -0.2) is 23.4 Å². The summed E-state index contributed by atoms with van der Waals surface area (Å²) in [6.07, 6.45) is 2.79. The number of ether oxygens (including phenoxy) is 2. The molecular weight excluding hydrogens is 400 g/mol. The van der Waals surface area contributed by atoms with Gasteiger partial charge in [-0.15, -0.1) is 0 Å². The number of benzene rings is 1. The highest BCUT2D eigenvalue weighted by Crippen LogP contribution is 2.67. The van der Waals surface area contributed by atoms with E-state index in [-0.39, 0.29) is 34.5 Å². The van der Waals surface area contributed by atoms with Gasteiger partial charge in [-0.2, -0.15) is 0 Å². The molecule has 6 rings (SSSR count). The quantitative estimate of drug-likeness (QED) is 0.526. The molecule has 0 radical (unpaired) electrons. The van der Waals surface area contributed by atoms with E-state index in [0.717, 1.165) is 22.3 Å². The van der Waals surface area contributed by atoms with Crippen molar-refractivity contribution in [2.24, 2.45) is 11.8 Å². The number of rotatable bonds is 1. The fraction of sp³-hybridized carbons (Fsp3) is 0.400. The van der Waals surface area contributed by atoms with E-state index in [4.69, 9.17) is 13.9 Å². The smallest absolute Gasteiger partial charge is 0.339 e. The predicted octanol–water partition coefficient (Wildman–Crippen LogP) is 3.59. The van der Waals surface area contributed by atoms with Gasteiger partial charge < -0.3 is 13.9 Å². The van der Waals surface area contributed by atoms with Gasteiger partial charge in [-0.05, 0) is 41.7 Å². The van der Waals surface area contributed by atoms with Crippen molar-refractivity contribution in [2.45, 2.75) is 29.7 Å². The van der Waals surface area contributed by atoms with E-state index >= 15 is 0 Å². The van der Waals surface area contributed by atoms with E-state index < -0.39 is 6.10 Å². The molecule has 1 aromatic heterocycles. The Balaban J connectivity index is 1.59. The lowest BCUT2D eigenvalue weighted by Crippen LogP contribution is -2.24. The molecule has 0 N–H and O–H groups in total. The second kappa shape index (κ2) is 4.80. The van der Waals surface area contributed by atoms with Crippen molar-refractivity contribution in [3.63, 3.8) is 0 Å². The Morgan fingerprint density at radius 1 is 1.19 bits per heavy atom. The molecule has 0 bridgehead atoms. The highest BCUT2D eigenvalue weighted by Gasteiger charge is 2.65. The highest BCUT2D eigenvalue weighted by atomic mass is 79.9. The third kappa shape index (κ3) is 1.66. The SMILES string of the molecule is Cc1c2c(cc3c1[C@H]1[C@@H](Br)[C@H]1[C@@H]1C(=O)OC[C@H]31)C(=O)O[C@@H]2c1ccoc1. The number of furan rings is 1. The van der Waals surface area contributed by atoms with Crippen LogP contribution in [0.5, 0.6) is 0 Å². The standard InChI is InChI=1S/C20H15BrO5/c1-7-12-9(11-6-25-20(23)14(11)16-15(12)17(16)21)4-10-13(7)18(26-19(10)22)8-2-3-24-5-8/h2-5,11,14-18H,6H2,1H3/t11-,14-,15-,16+,17-,18-/m1/s1. The summed E-state index contributed by atoms with van der Waals surface area (Å²) in [5.41, 5.74) is 5.84. The maximum absolute atomic E-state index is 12.6. The zero-order chi connectivity index (χ0) is 17.7. The molecule has 26 heavy (non-hydrogen) atoms. The number of fused-ring (bicyclic) bond motifs is 7. The van der Waals surface area contributed by atoms with E-state index in [0.29, 0.717) is 18.1 Å². The molecule has 6 heteroatoms. The summed E-state index contributed by atoms with van der Waals surface area (Å²) in [6, 6.07) is 3.78. The first kappa shape index (κ1) is 15.0. The summed E-state index contributed by atoms with van der Waals surface area (Å²) in [7, 11) is 0. The number of carbonyl (C=O) groups excluding carboxylic acids is 2. The van der Waals surface area contributed by atoms with Crippen LogP contribution in [0.25, 0.3) is 0 Å². The molecule has 132 valence electrons. The average molecular weight is 415 g/mol. The number of halogens is 1. The number of hydrogen-bond donors (Lipinski definition) is 0. The lowest BCUT2D eigenvalue weighted by molar-refractivity contribution is -0.141. The zero-order valence-electron chi connectivity index (χ0n) is 13.9. The van der Waals surface area contributed by atoms with Crippen LogP contribution in [0.3, 0.4) is 0 Å². The van der Waals surface area contributed by atoms with Crippen LogP contribution in [0.2, 0.25) is 0 Å². The van der Waals surface area contributed by atoms with Crippen LogP contribution in [0, 0.1) is 18.8 Å². The van der Waals surface area contributed by atoms with Crippen molar-refractivity contribution in [2.75, 3.05) is 6.61 Å². The molecule has 1 saturated carbocycles. The Bertz CT molecular complexity index is 979. The van der Waals surface area contributed by atoms with Gasteiger partial charge in [0.05, 0.1) is 30.6 Å². The van der Waals surface area contributed by atoms with E-state index in [9.17, 15) is 9.59 Å². The molecular formula is C20H15BrO5. The number of carbonyl (C=O) groups is 2. The van der Waals surface area contributed by atoms with Gasteiger partial charge in [0.1, 0.15) is 0 Å². The fourth-order valence-electron chi connectivity index (χ4n) is 5.33. The maximum atomic E-state index is 12.6. The first-order chi connectivity index (χ1) is 12.6. The second-order valence-corrected chi connectivity index (χ2v) is 8.67. The van der Waals surface area contributed by atoms with Crippen molar-refractivity contribution in [1.82, 2.24) is 0 Å². The average Bonchev–Trinajstić information content (AvgIpc) is 3.08. The van der Waals surface area contributed by atoms with Crippen LogP contribution in [-0.2, 0) is 14.3 Å². The molecule has 1 saturated heterocycles. The Labute approximate surface area is 157 Å². The minimum atomic E-state index is -0.424. The van der Waals surface area contributed by atoms with Crippen LogP contribution >= 0.6 is 15.9 Å². The maximum Gasteiger partial charge on any atom is 0.339 e. The monoisotopic (exact) mass is 414 g/mol. The van der Waals surface area contributed by atoms with Crippen molar-refractivity contribution in [1.29, 1.82) is 0 Å². The van der Waals surface area contributed by atoms with E-state index in [1.54, 1.807) is 12.5 Å². The molecule has 1 aromatic carbocycles. The summed E-state index contributed by atoms with van der Waals surface area (Å²) in [5.74, 6) is 0.0943. The summed E-state index contributed by atoms with van der Waals surface area (Å²) in [4.78, 5) is 25.1. The minimum absolute atomic E-state index is 0.0334. The first-order valence-corrected chi connectivity index (χ1v) is 9.70. The Hall–Kier alpha value is -2.08. The normalized spacial score (nSPS) is 35.9. The molecule has 5 nitrogen and oxygen atoms in total. The minimum Gasteiger partial charge on any atom is -0.472 e. The van der Waals surface area contributed by atoms with Gasteiger partial charge in [0.2, 0.25) is 0 Å². The van der Waals surface area contributed by atoms with Gasteiger partial charge in [-0.25, -0.2) is 4.79 Å². The molecule has 2 aliphatic heterocycles. The number of cyclic esters (lactones) is 2. The first-order valence-electron chi connectivity index (χ1n) is 8.79. The third-order valence-corrected chi connectivity index (χ3v) is 7.68. The summed E-state index contributed by atoms with van der Waals surface area (Å²) in [5, 5.41) is 0. The number of hydrogen-bond acceptors (Lipinski definition) is 5. The Morgan fingerprint density at radius 2 is 2.04 bits per heavy atom. The molecule has 0 amide bonds. The lowest BCUT2D eigenvalue weighted by Gasteiger charge is -2.27. The van der Waals surface area contributed by atoms with E-state index in [1.165, 1.54) is 5.56 Å². The predicted molar refractivity (Wildman–Crippen MR) is 93.3 cm³/mol. The summed E-state index contributed by atoms with van der Waals surface area (Å²) in [6.45, 7) is 2.47. The molecule has 2 aliphatic carbocycles. The molecule has 6 atom stereocenters. The van der Waals surface area contributed by atoms with Gasteiger partial charge in [0, 0.05) is 27.8 Å². The van der Waals surface area contributed by atoms with Gasteiger partial charge in [-0.1, -0.05) is 15.9 Å². The topological polar surface area (TPSA) is 65.7 Å². The van der Waals surface area contributed by atoms with Crippen molar-refractivity contribution in [3.8, 4) is 0 Å². The van der Waals surface area contributed by atoms with Crippen LogP contribution < -0.4 is 0 Å². The molecule has 0 spiro atoms. The lowest BCUT2D eigenvalue weighted by atomic mass is 9.73. The van der Waals surface area contributed by atoms with Crippen molar-refractivity contribution < 1.29 is 23.5 Å². The largest absolute Gasteiger partial charge is 0.472 e. The number of alkyl halides is 1. The third-order valence-electron chi connectivity index (χ3n) is 6.50. The van der Waals surface area contributed by atoms with Crippen molar-refractivity contribution >= 4 is 27.9 Å². The van der Waals surface area contributed by atoms with Crippen LogP contribution in [0.15, 0.2) is 29.1 Å². The summed E-state index contributed by atoms with van der Waals surface area (Å²) < 4.78 is 16.2. The van der Waals surface area contributed by atoms with Crippen LogP contribution in [0.1, 0.15) is 56.1 Å². The van der Waals surface area contributed by atoms with Gasteiger partial charge in [0.25, 0.3) is 0 Å². The molecule has 2 aromatic rings.